The summed E-state index contributed by atoms with van der Waals surface area (Å²) in [5, 5.41) is 3.52. The summed E-state index contributed by atoms with van der Waals surface area (Å²) < 4.78 is 0. The average Bonchev–Trinajstić information content (AvgIpc) is 3.22. The Hall–Kier alpha value is -0.820. The molecule has 1 aromatic carbocycles. The molecular formula is C15H19N. The predicted octanol–water partition coefficient (Wildman–Crippen LogP) is 2.82. The van der Waals surface area contributed by atoms with E-state index in [1.54, 1.807) is 11.1 Å². The van der Waals surface area contributed by atoms with Gasteiger partial charge >= 0.3 is 0 Å². The zero-order chi connectivity index (χ0) is 10.6. The van der Waals surface area contributed by atoms with Crippen molar-refractivity contribution in [3.8, 4) is 0 Å². The van der Waals surface area contributed by atoms with Crippen LogP contribution in [0.4, 0.5) is 0 Å². The van der Waals surface area contributed by atoms with Crippen LogP contribution in [0.3, 0.4) is 0 Å². The number of hydrogen-bond donors (Lipinski definition) is 1. The molecule has 1 nitrogen and oxygen atoms in total. The molecular weight excluding hydrogens is 194 g/mol. The van der Waals surface area contributed by atoms with Gasteiger partial charge in [-0.1, -0.05) is 24.3 Å². The van der Waals surface area contributed by atoms with Gasteiger partial charge in [0.1, 0.15) is 0 Å². The van der Waals surface area contributed by atoms with Crippen LogP contribution in [0.1, 0.15) is 42.7 Å². The summed E-state index contributed by atoms with van der Waals surface area (Å²) in [6.45, 7) is 2.46. The van der Waals surface area contributed by atoms with Gasteiger partial charge in [0.25, 0.3) is 0 Å². The number of fused-ring (bicyclic) bond motifs is 1. The zero-order valence-electron chi connectivity index (χ0n) is 9.71. The van der Waals surface area contributed by atoms with Gasteiger partial charge in [0.05, 0.1) is 0 Å². The van der Waals surface area contributed by atoms with Crippen LogP contribution in [0.25, 0.3) is 0 Å². The largest absolute Gasteiger partial charge is 0.316 e. The summed E-state index contributed by atoms with van der Waals surface area (Å²) in [4.78, 5) is 0. The van der Waals surface area contributed by atoms with Gasteiger partial charge in [-0.3, -0.25) is 0 Å². The Kier molecular flexibility index (Phi) is 1.79. The molecule has 0 bridgehead atoms. The molecule has 1 aliphatic heterocycles. The third kappa shape index (κ3) is 1.27. The molecule has 1 heterocycles. The monoisotopic (exact) mass is 213 g/mol. The maximum atomic E-state index is 3.52. The SMILES string of the molecule is c1cc(C2CC2)cc(C23CCNCC2C3)c1. The predicted molar refractivity (Wildman–Crippen MR) is 65.7 cm³/mol. The maximum absolute atomic E-state index is 3.52. The van der Waals surface area contributed by atoms with Gasteiger partial charge in [-0.2, -0.15) is 0 Å². The third-order valence-electron chi connectivity index (χ3n) is 4.88. The molecule has 3 fully saturated rings. The molecule has 16 heavy (non-hydrogen) atoms. The highest BCUT2D eigenvalue weighted by molar-refractivity contribution is 5.39. The van der Waals surface area contributed by atoms with Crippen LogP contribution in [0.2, 0.25) is 0 Å². The lowest BCUT2D eigenvalue weighted by molar-refractivity contribution is 0.445. The number of nitrogens with one attached hydrogen (secondary N) is 1. The van der Waals surface area contributed by atoms with Crippen molar-refractivity contribution in [2.75, 3.05) is 13.1 Å². The van der Waals surface area contributed by atoms with Crippen LogP contribution in [0.5, 0.6) is 0 Å². The summed E-state index contributed by atoms with van der Waals surface area (Å²) in [5.74, 6) is 1.82. The standard InChI is InChI=1S/C15H19N/c1-2-12(11-4-5-11)8-13(3-1)15-6-7-16-10-14(15)9-15/h1-3,8,11,14,16H,4-7,9-10H2. The third-order valence-corrected chi connectivity index (χ3v) is 4.88. The summed E-state index contributed by atoms with van der Waals surface area (Å²) in [7, 11) is 0. The summed E-state index contributed by atoms with van der Waals surface area (Å²) in [6.07, 6.45) is 5.61. The summed E-state index contributed by atoms with van der Waals surface area (Å²) in [6, 6.07) is 9.51. The highest BCUT2D eigenvalue weighted by atomic mass is 14.9. The highest BCUT2D eigenvalue weighted by Gasteiger charge is 2.55. The second-order valence-electron chi connectivity index (χ2n) is 5.91. The van der Waals surface area contributed by atoms with Gasteiger partial charge < -0.3 is 5.32 Å². The Morgan fingerprint density at radius 3 is 3.00 bits per heavy atom. The first kappa shape index (κ1) is 9.23. The molecule has 2 saturated carbocycles. The fraction of sp³-hybridized carbons (Fsp3) is 0.600. The number of piperidine rings is 1. The Bertz CT molecular complexity index is 421. The van der Waals surface area contributed by atoms with Crippen molar-refractivity contribution in [3.63, 3.8) is 0 Å². The summed E-state index contributed by atoms with van der Waals surface area (Å²) >= 11 is 0. The molecule has 2 aliphatic carbocycles. The summed E-state index contributed by atoms with van der Waals surface area (Å²) in [5.41, 5.74) is 3.83. The molecule has 0 aromatic heterocycles. The Labute approximate surface area is 97.2 Å². The van der Waals surface area contributed by atoms with Crippen LogP contribution in [-0.2, 0) is 5.41 Å². The van der Waals surface area contributed by atoms with Crippen molar-refractivity contribution in [1.29, 1.82) is 0 Å². The molecule has 0 amide bonds. The van der Waals surface area contributed by atoms with Crippen molar-refractivity contribution in [3.05, 3.63) is 35.4 Å². The second-order valence-corrected chi connectivity index (χ2v) is 5.91. The molecule has 2 atom stereocenters. The fourth-order valence-electron chi connectivity index (χ4n) is 3.56. The van der Waals surface area contributed by atoms with Crippen LogP contribution >= 0.6 is 0 Å². The van der Waals surface area contributed by atoms with Gasteiger partial charge in [0, 0.05) is 5.41 Å². The van der Waals surface area contributed by atoms with E-state index in [9.17, 15) is 0 Å². The van der Waals surface area contributed by atoms with Crippen LogP contribution < -0.4 is 5.32 Å². The van der Waals surface area contributed by atoms with E-state index in [1.807, 2.05) is 0 Å². The van der Waals surface area contributed by atoms with Crippen molar-refractivity contribution in [2.24, 2.45) is 5.92 Å². The lowest BCUT2D eigenvalue weighted by atomic mass is 9.86. The number of hydrogen-bond acceptors (Lipinski definition) is 1. The minimum Gasteiger partial charge on any atom is -0.316 e. The second kappa shape index (κ2) is 3.10. The molecule has 0 spiro atoms. The molecule has 1 saturated heterocycles. The molecule has 1 N–H and O–H groups in total. The van der Waals surface area contributed by atoms with Crippen LogP contribution in [-0.4, -0.2) is 13.1 Å². The molecule has 3 aliphatic rings. The first-order valence-corrected chi connectivity index (χ1v) is 6.70. The van der Waals surface area contributed by atoms with Crippen LogP contribution in [0.15, 0.2) is 24.3 Å². The van der Waals surface area contributed by atoms with Gasteiger partial charge in [0.15, 0.2) is 0 Å². The first-order valence-electron chi connectivity index (χ1n) is 6.70. The minimum absolute atomic E-state index is 0.580. The Morgan fingerprint density at radius 2 is 2.19 bits per heavy atom. The van der Waals surface area contributed by atoms with Crippen molar-refractivity contribution in [1.82, 2.24) is 5.32 Å². The van der Waals surface area contributed by atoms with E-state index in [0.29, 0.717) is 5.41 Å². The highest BCUT2D eigenvalue weighted by Crippen LogP contribution is 2.58. The van der Waals surface area contributed by atoms with E-state index < -0.39 is 0 Å². The fourth-order valence-corrected chi connectivity index (χ4v) is 3.56. The van der Waals surface area contributed by atoms with E-state index in [2.05, 4.69) is 29.6 Å². The number of benzene rings is 1. The van der Waals surface area contributed by atoms with Crippen molar-refractivity contribution < 1.29 is 0 Å². The van der Waals surface area contributed by atoms with Crippen molar-refractivity contribution in [2.45, 2.75) is 37.0 Å². The van der Waals surface area contributed by atoms with E-state index >= 15 is 0 Å². The normalized spacial score (nSPS) is 36.9. The molecule has 0 radical (unpaired) electrons. The smallest absolute Gasteiger partial charge is 0.000922 e. The van der Waals surface area contributed by atoms with Crippen LogP contribution in [0, 0.1) is 5.92 Å². The van der Waals surface area contributed by atoms with Gasteiger partial charge in [0.2, 0.25) is 0 Å². The van der Waals surface area contributed by atoms with E-state index in [-0.39, 0.29) is 0 Å². The van der Waals surface area contributed by atoms with E-state index in [0.717, 1.165) is 11.8 Å². The topological polar surface area (TPSA) is 12.0 Å². The van der Waals surface area contributed by atoms with Crippen molar-refractivity contribution >= 4 is 0 Å². The lowest BCUT2D eigenvalue weighted by Gasteiger charge is -2.23. The molecule has 1 aromatic rings. The Balaban J connectivity index is 1.69. The lowest BCUT2D eigenvalue weighted by Crippen LogP contribution is -2.31. The molecule has 84 valence electrons. The van der Waals surface area contributed by atoms with E-state index in [1.165, 1.54) is 38.8 Å². The van der Waals surface area contributed by atoms with Gasteiger partial charge in [-0.25, -0.2) is 0 Å². The molecule has 2 unspecified atom stereocenters. The van der Waals surface area contributed by atoms with Gasteiger partial charge in [-0.05, 0) is 61.7 Å². The molecule has 4 rings (SSSR count). The zero-order valence-corrected chi connectivity index (χ0v) is 9.71. The first-order chi connectivity index (χ1) is 7.88. The minimum atomic E-state index is 0.580. The Morgan fingerprint density at radius 1 is 1.25 bits per heavy atom. The quantitative estimate of drug-likeness (QED) is 0.796. The number of rotatable bonds is 2. The average molecular weight is 213 g/mol. The van der Waals surface area contributed by atoms with Gasteiger partial charge in [-0.15, -0.1) is 0 Å². The van der Waals surface area contributed by atoms with E-state index in [4.69, 9.17) is 0 Å². The maximum Gasteiger partial charge on any atom is 0.000922 e. The molecule has 1 heteroatoms.